The van der Waals surface area contributed by atoms with Gasteiger partial charge in [0.25, 0.3) is 0 Å². The van der Waals surface area contributed by atoms with E-state index in [0.717, 1.165) is 24.3 Å². The average Bonchev–Trinajstić information content (AvgIpc) is 2.44. The van der Waals surface area contributed by atoms with E-state index in [9.17, 15) is 30.7 Å². The summed E-state index contributed by atoms with van der Waals surface area (Å²) < 4.78 is 93.9. The third-order valence-electron chi connectivity index (χ3n) is 2.58. The Kier molecular flexibility index (Phi) is 4.06. The van der Waals surface area contributed by atoms with E-state index in [2.05, 4.69) is 4.74 Å². The van der Waals surface area contributed by atoms with Crippen LogP contribution in [0.2, 0.25) is 0 Å². The highest BCUT2D eigenvalue weighted by atomic mass is 19.3. The third-order valence-corrected chi connectivity index (χ3v) is 2.58. The maximum Gasteiger partial charge on any atom is 0.387 e. The lowest BCUT2D eigenvalue weighted by molar-refractivity contribution is -0.0498. The number of ether oxygens (including phenoxy) is 1. The summed E-state index contributed by atoms with van der Waals surface area (Å²) >= 11 is 0. The summed E-state index contributed by atoms with van der Waals surface area (Å²) in [7, 11) is 0. The van der Waals surface area contributed by atoms with Crippen LogP contribution in [0.5, 0.6) is 5.75 Å². The van der Waals surface area contributed by atoms with Crippen molar-refractivity contribution in [3.8, 4) is 16.9 Å². The predicted octanol–water partition coefficient (Wildman–Crippen LogP) is 4.65. The van der Waals surface area contributed by atoms with Gasteiger partial charge >= 0.3 is 6.61 Å². The smallest absolute Gasteiger partial charge is 0.387 e. The molecule has 0 aliphatic rings. The van der Waals surface area contributed by atoms with Gasteiger partial charge in [0.1, 0.15) is 5.75 Å². The molecule has 0 unspecified atom stereocenters. The first-order valence-corrected chi connectivity index (χ1v) is 5.39. The van der Waals surface area contributed by atoms with Crippen molar-refractivity contribution in [1.29, 1.82) is 0 Å². The normalized spacial score (nSPS) is 11.0. The van der Waals surface area contributed by atoms with Crippen LogP contribution < -0.4 is 4.74 Å². The van der Waals surface area contributed by atoms with E-state index in [-0.39, 0.29) is 11.3 Å². The SMILES string of the molecule is Fc1c(F)c(F)c(-c2ccc(OC(F)F)cc2)c(F)c1F. The van der Waals surface area contributed by atoms with Crippen LogP contribution >= 0.6 is 0 Å². The van der Waals surface area contributed by atoms with E-state index < -0.39 is 41.3 Å². The molecule has 2 rings (SSSR count). The topological polar surface area (TPSA) is 9.23 Å². The first kappa shape index (κ1) is 15.1. The Morgan fingerprint density at radius 1 is 0.667 bits per heavy atom. The van der Waals surface area contributed by atoms with Gasteiger partial charge in [0.2, 0.25) is 5.82 Å². The van der Waals surface area contributed by atoms with Gasteiger partial charge in [0, 0.05) is 0 Å². The molecule has 0 saturated heterocycles. The Hall–Kier alpha value is -2.25. The lowest BCUT2D eigenvalue weighted by Gasteiger charge is -2.09. The van der Waals surface area contributed by atoms with Crippen LogP contribution in [0.25, 0.3) is 11.1 Å². The monoisotopic (exact) mass is 310 g/mol. The second kappa shape index (κ2) is 5.63. The van der Waals surface area contributed by atoms with Crippen LogP contribution in [0.1, 0.15) is 0 Å². The molecule has 112 valence electrons. The van der Waals surface area contributed by atoms with E-state index in [1.807, 2.05) is 0 Å². The maximum absolute atomic E-state index is 13.5. The third kappa shape index (κ3) is 2.79. The molecule has 0 atom stereocenters. The average molecular weight is 310 g/mol. The van der Waals surface area contributed by atoms with Crippen molar-refractivity contribution >= 4 is 0 Å². The fourth-order valence-electron chi connectivity index (χ4n) is 1.66. The lowest BCUT2D eigenvalue weighted by atomic mass is 10.0. The predicted molar refractivity (Wildman–Crippen MR) is 58.3 cm³/mol. The molecule has 0 aliphatic heterocycles. The summed E-state index contributed by atoms with van der Waals surface area (Å²) in [6.45, 7) is -3.11. The molecule has 0 bridgehead atoms. The van der Waals surface area contributed by atoms with Crippen molar-refractivity contribution in [3.63, 3.8) is 0 Å². The molecular formula is C13H5F7O. The molecule has 0 spiro atoms. The number of alkyl halides is 2. The number of hydrogen-bond donors (Lipinski definition) is 0. The minimum absolute atomic E-state index is 0.322. The van der Waals surface area contributed by atoms with Gasteiger partial charge in [-0.1, -0.05) is 12.1 Å². The fraction of sp³-hybridized carbons (Fsp3) is 0.0769. The molecule has 2 aromatic carbocycles. The van der Waals surface area contributed by atoms with Crippen LogP contribution in [0.15, 0.2) is 24.3 Å². The van der Waals surface area contributed by atoms with Crippen molar-refractivity contribution in [2.45, 2.75) is 6.61 Å². The summed E-state index contributed by atoms with van der Waals surface area (Å²) in [5, 5.41) is 0. The highest BCUT2D eigenvalue weighted by Gasteiger charge is 2.26. The number of benzene rings is 2. The zero-order chi connectivity index (χ0) is 15.7. The van der Waals surface area contributed by atoms with Crippen molar-refractivity contribution < 1.29 is 35.5 Å². The molecule has 1 nitrogen and oxygen atoms in total. The number of hydrogen-bond acceptors (Lipinski definition) is 1. The van der Waals surface area contributed by atoms with Crippen molar-refractivity contribution in [2.24, 2.45) is 0 Å². The molecule has 0 heterocycles. The molecule has 0 aliphatic carbocycles. The number of rotatable bonds is 3. The molecule has 0 radical (unpaired) electrons. The fourth-order valence-corrected chi connectivity index (χ4v) is 1.66. The summed E-state index contributed by atoms with van der Waals surface area (Å²) in [5.74, 6) is -10.8. The van der Waals surface area contributed by atoms with Gasteiger partial charge in [-0.25, -0.2) is 22.0 Å². The molecule has 21 heavy (non-hydrogen) atoms. The first-order valence-electron chi connectivity index (χ1n) is 5.39. The second-order valence-electron chi connectivity index (χ2n) is 3.85. The van der Waals surface area contributed by atoms with Crippen LogP contribution in [0.4, 0.5) is 30.7 Å². The van der Waals surface area contributed by atoms with Crippen LogP contribution in [-0.2, 0) is 0 Å². The van der Waals surface area contributed by atoms with Crippen LogP contribution in [0.3, 0.4) is 0 Å². The molecule has 0 saturated carbocycles. The van der Waals surface area contributed by atoms with Crippen LogP contribution in [0, 0.1) is 29.1 Å². The quantitative estimate of drug-likeness (QED) is 0.455. The zero-order valence-corrected chi connectivity index (χ0v) is 9.94. The van der Waals surface area contributed by atoms with E-state index in [1.54, 1.807) is 0 Å². The van der Waals surface area contributed by atoms with Gasteiger partial charge in [0.05, 0.1) is 5.56 Å². The Morgan fingerprint density at radius 3 is 1.52 bits per heavy atom. The van der Waals surface area contributed by atoms with E-state index >= 15 is 0 Å². The van der Waals surface area contributed by atoms with Crippen molar-refractivity contribution in [3.05, 3.63) is 53.4 Å². The zero-order valence-electron chi connectivity index (χ0n) is 9.94. The molecule has 0 fully saturated rings. The molecule has 0 amide bonds. The largest absolute Gasteiger partial charge is 0.435 e. The highest BCUT2D eigenvalue weighted by Crippen LogP contribution is 2.32. The Balaban J connectivity index is 2.52. The van der Waals surface area contributed by atoms with Crippen molar-refractivity contribution in [1.82, 2.24) is 0 Å². The number of halogens is 7. The second-order valence-corrected chi connectivity index (χ2v) is 3.85. The van der Waals surface area contributed by atoms with Gasteiger partial charge < -0.3 is 4.74 Å². The van der Waals surface area contributed by atoms with Gasteiger partial charge in [0.15, 0.2) is 23.3 Å². The summed E-state index contributed by atoms with van der Waals surface area (Å²) in [4.78, 5) is 0. The van der Waals surface area contributed by atoms with Gasteiger partial charge in [-0.05, 0) is 17.7 Å². The highest BCUT2D eigenvalue weighted by molar-refractivity contribution is 5.66. The molecule has 2 aromatic rings. The molecular weight excluding hydrogens is 305 g/mol. The van der Waals surface area contributed by atoms with E-state index in [4.69, 9.17) is 0 Å². The maximum atomic E-state index is 13.5. The summed E-state index contributed by atoms with van der Waals surface area (Å²) in [6.07, 6.45) is 0. The molecule has 0 aromatic heterocycles. The van der Waals surface area contributed by atoms with E-state index in [0.29, 0.717) is 0 Å². The minimum atomic E-state index is -3.11. The Labute approximate surface area is 113 Å². The molecule has 8 heteroatoms. The van der Waals surface area contributed by atoms with Gasteiger partial charge in [-0.15, -0.1) is 0 Å². The Morgan fingerprint density at radius 2 is 1.10 bits per heavy atom. The van der Waals surface area contributed by atoms with Crippen molar-refractivity contribution in [2.75, 3.05) is 0 Å². The van der Waals surface area contributed by atoms with Gasteiger partial charge in [-0.3, -0.25) is 0 Å². The van der Waals surface area contributed by atoms with Crippen LogP contribution in [-0.4, -0.2) is 6.61 Å². The summed E-state index contributed by atoms with van der Waals surface area (Å²) in [6, 6.07) is 3.63. The standard InChI is InChI=1S/C13H5F7O/c14-8-7(9(15)11(17)12(18)10(8)16)5-1-3-6(4-2-5)21-13(19)20/h1-4,13H. The minimum Gasteiger partial charge on any atom is -0.435 e. The first-order chi connectivity index (χ1) is 9.82. The Bertz CT molecular complexity index is 638. The van der Waals surface area contributed by atoms with Gasteiger partial charge in [-0.2, -0.15) is 8.78 Å². The van der Waals surface area contributed by atoms with E-state index in [1.165, 1.54) is 0 Å². The lowest BCUT2D eigenvalue weighted by Crippen LogP contribution is -2.04. The summed E-state index contributed by atoms with van der Waals surface area (Å²) in [5.41, 5.74) is -1.51. The molecule has 0 N–H and O–H groups in total.